The molecular weight excluding hydrogens is 290 g/mol. The largest absolute Gasteiger partial charge is 0.493 e. The van der Waals surface area contributed by atoms with E-state index in [0.717, 1.165) is 11.3 Å². The summed E-state index contributed by atoms with van der Waals surface area (Å²) in [6.45, 7) is 3.94. The number of amides is 1. The highest BCUT2D eigenvalue weighted by Crippen LogP contribution is 2.28. The third kappa shape index (κ3) is 4.49. The second kappa shape index (κ2) is 7.68. The Morgan fingerprint density at radius 2 is 1.70 bits per heavy atom. The summed E-state index contributed by atoms with van der Waals surface area (Å²) in [5.41, 5.74) is 3.02. The minimum absolute atomic E-state index is 0.00337. The molecule has 4 heteroatoms. The molecule has 0 spiro atoms. The van der Waals surface area contributed by atoms with Crippen molar-refractivity contribution in [3.63, 3.8) is 0 Å². The van der Waals surface area contributed by atoms with Crippen molar-refractivity contribution in [3.05, 3.63) is 53.6 Å². The van der Waals surface area contributed by atoms with Crippen LogP contribution in [0.5, 0.6) is 11.5 Å². The molecule has 0 radical (unpaired) electrons. The Hall–Kier alpha value is -2.49. The molecule has 0 aromatic heterocycles. The number of anilines is 1. The van der Waals surface area contributed by atoms with Crippen molar-refractivity contribution < 1.29 is 14.3 Å². The summed E-state index contributed by atoms with van der Waals surface area (Å²) in [6, 6.07) is 13.5. The lowest BCUT2D eigenvalue weighted by atomic mass is 10.00. The molecule has 1 unspecified atom stereocenters. The maximum atomic E-state index is 12.3. The lowest BCUT2D eigenvalue weighted by Crippen LogP contribution is -2.22. The number of methoxy groups -OCH3 is 2. The maximum Gasteiger partial charge on any atom is 0.227 e. The summed E-state index contributed by atoms with van der Waals surface area (Å²) in [4.78, 5) is 12.3. The smallest absolute Gasteiger partial charge is 0.227 e. The van der Waals surface area contributed by atoms with Crippen molar-refractivity contribution in [3.8, 4) is 11.5 Å². The molecule has 4 nitrogen and oxygen atoms in total. The molecule has 1 atom stereocenters. The molecular formula is C19H23NO3. The first-order valence-corrected chi connectivity index (χ1v) is 7.62. The van der Waals surface area contributed by atoms with Gasteiger partial charge in [-0.25, -0.2) is 0 Å². The van der Waals surface area contributed by atoms with Gasteiger partial charge in [-0.1, -0.05) is 30.7 Å². The Kier molecular flexibility index (Phi) is 5.63. The van der Waals surface area contributed by atoms with Crippen LogP contribution in [0.2, 0.25) is 0 Å². The van der Waals surface area contributed by atoms with E-state index in [2.05, 4.69) is 5.32 Å². The third-order valence-corrected chi connectivity index (χ3v) is 3.76. The zero-order valence-corrected chi connectivity index (χ0v) is 14.1. The number of carbonyl (C=O) groups excluding carboxylic acids is 1. The van der Waals surface area contributed by atoms with E-state index in [1.54, 1.807) is 14.2 Å². The fraction of sp³-hybridized carbons (Fsp3) is 0.316. The summed E-state index contributed by atoms with van der Waals surface area (Å²) < 4.78 is 10.5. The Morgan fingerprint density at radius 1 is 1.04 bits per heavy atom. The van der Waals surface area contributed by atoms with Gasteiger partial charge in [0.15, 0.2) is 11.5 Å². The number of ether oxygens (including phenoxy) is 2. The van der Waals surface area contributed by atoms with Crippen molar-refractivity contribution in [2.24, 2.45) is 5.92 Å². The predicted molar refractivity (Wildman–Crippen MR) is 92.2 cm³/mol. The molecule has 2 aromatic carbocycles. The lowest BCUT2D eigenvalue weighted by molar-refractivity contribution is -0.119. The van der Waals surface area contributed by atoms with E-state index in [0.29, 0.717) is 17.9 Å². The zero-order chi connectivity index (χ0) is 16.8. The van der Waals surface area contributed by atoms with Gasteiger partial charge < -0.3 is 14.8 Å². The second-order valence-electron chi connectivity index (χ2n) is 5.65. The fourth-order valence-corrected chi connectivity index (χ4v) is 2.36. The first kappa shape index (κ1) is 16.9. The van der Waals surface area contributed by atoms with E-state index in [4.69, 9.17) is 9.47 Å². The Balaban J connectivity index is 2.01. The summed E-state index contributed by atoms with van der Waals surface area (Å²) in [5, 5.41) is 2.95. The third-order valence-electron chi connectivity index (χ3n) is 3.76. The quantitative estimate of drug-likeness (QED) is 0.881. The van der Waals surface area contributed by atoms with Crippen molar-refractivity contribution in [1.82, 2.24) is 0 Å². The van der Waals surface area contributed by atoms with Crippen LogP contribution in [0.4, 0.5) is 5.69 Å². The van der Waals surface area contributed by atoms with Crippen LogP contribution >= 0.6 is 0 Å². The van der Waals surface area contributed by atoms with Gasteiger partial charge in [-0.15, -0.1) is 0 Å². The Morgan fingerprint density at radius 3 is 2.30 bits per heavy atom. The summed E-state index contributed by atoms with van der Waals surface area (Å²) in [7, 11) is 3.21. The molecule has 1 N–H and O–H groups in total. The van der Waals surface area contributed by atoms with Crippen molar-refractivity contribution in [2.75, 3.05) is 19.5 Å². The van der Waals surface area contributed by atoms with Gasteiger partial charge in [0.05, 0.1) is 14.2 Å². The van der Waals surface area contributed by atoms with Crippen molar-refractivity contribution >= 4 is 11.6 Å². The molecule has 23 heavy (non-hydrogen) atoms. The van der Waals surface area contributed by atoms with Crippen LogP contribution in [0.1, 0.15) is 18.1 Å². The van der Waals surface area contributed by atoms with Crippen LogP contribution in [-0.4, -0.2) is 20.1 Å². The van der Waals surface area contributed by atoms with E-state index in [9.17, 15) is 4.79 Å². The van der Waals surface area contributed by atoms with E-state index in [-0.39, 0.29) is 11.8 Å². The van der Waals surface area contributed by atoms with Crippen LogP contribution in [0.3, 0.4) is 0 Å². The van der Waals surface area contributed by atoms with Crippen molar-refractivity contribution in [2.45, 2.75) is 20.3 Å². The Labute approximate surface area is 137 Å². The first-order chi connectivity index (χ1) is 11.0. The van der Waals surface area contributed by atoms with Crippen LogP contribution in [0.25, 0.3) is 0 Å². The minimum atomic E-state index is -0.144. The molecule has 0 saturated heterocycles. The van der Waals surface area contributed by atoms with E-state index < -0.39 is 0 Å². The van der Waals surface area contributed by atoms with Gasteiger partial charge in [0.1, 0.15) is 0 Å². The monoisotopic (exact) mass is 313 g/mol. The number of hydrogen-bond donors (Lipinski definition) is 1. The number of hydrogen-bond acceptors (Lipinski definition) is 3. The second-order valence-corrected chi connectivity index (χ2v) is 5.65. The van der Waals surface area contributed by atoms with Gasteiger partial charge in [0.2, 0.25) is 5.91 Å². The fourth-order valence-electron chi connectivity index (χ4n) is 2.36. The first-order valence-electron chi connectivity index (χ1n) is 7.62. The van der Waals surface area contributed by atoms with Crippen molar-refractivity contribution in [1.29, 1.82) is 0 Å². The summed E-state index contributed by atoms with van der Waals surface area (Å²) in [5.74, 6) is 1.22. The molecule has 0 bridgehead atoms. The summed E-state index contributed by atoms with van der Waals surface area (Å²) >= 11 is 0. The minimum Gasteiger partial charge on any atom is -0.493 e. The van der Waals surface area contributed by atoms with Gasteiger partial charge in [0, 0.05) is 11.6 Å². The number of carbonyl (C=O) groups is 1. The van der Waals surface area contributed by atoms with Gasteiger partial charge in [-0.3, -0.25) is 4.79 Å². The summed E-state index contributed by atoms with van der Waals surface area (Å²) in [6.07, 6.45) is 0.637. The molecule has 122 valence electrons. The van der Waals surface area contributed by atoms with Crippen LogP contribution in [0, 0.1) is 12.8 Å². The lowest BCUT2D eigenvalue weighted by Gasteiger charge is -2.14. The average Bonchev–Trinajstić information content (AvgIpc) is 2.56. The molecule has 0 saturated carbocycles. The highest BCUT2D eigenvalue weighted by molar-refractivity contribution is 5.92. The van der Waals surface area contributed by atoms with Gasteiger partial charge in [0.25, 0.3) is 0 Å². The highest BCUT2D eigenvalue weighted by atomic mass is 16.5. The highest BCUT2D eigenvalue weighted by Gasteiger charge is 2.15. The molecule has 2 rings (SSSR count). The standard InChI is InChI=1S/C19H23NO3/c1-13-5-8-16(9-6-13)20-19(21)14(2)11-15-7-10-17(22-3)18(12-15)23-4/h5-10,12,14H,11H2,1-4H3,(H,20,21). The molecule has 1 amide bonds. The molecule has 0 heterocycles. The Bertz CT molecular complexity index is 665. The predicted octanol–water partition coefficient (Wildman–Crippen LogP) is 3.83. The van der Waals surface area contributed by atoms with Crippen LogP contribution in [-0.2, 0) is 11.2 Å². The van der Waals surface area contributed by atoms with Gasteiger partial charge in [-0.05, 0) is 43.2 Å². The molecule has 0 aliphatic carbocycles. The number of nitrogens with one attached hydrogen (secondary N) is 1. The average molecular weight is 313 g/mol. The molecule has 0 fully saturated rings. The normalized spacial score (nSPS) is 11.7. The van der Waals surface area contributed by atoms with E-state index in [1.807, 2.05) is 56.3 Å². The molecule has 0 aliphatic heterocycles. The molecule has 0 aliphatic rings. The topological polar surface area (TPSA) is 47.6 Å². The maximum absolute atomic E-state index is 12.3. The molecule has 2 aromatic rings. The number of benzene rings is 2. The van der Waals surface area contributed by atoms with Gasteiger partial charge >= 0.3 is 0 Å². The van der Waals surface area contributed by atoms with E-state index >= 15 is 0 Å². The number of rotatable bonds is 6. The van der Waals surface area contributed by atoms with Gasteiger partial charge in [-0.2, -0.15) is 0 Å². The van der Waals surface area contributed by atoms with E-state index in [1.165, 1.54) is 5.56 Å². The zero-order valence-electron chi connectivity index (χ0n) is 14.1. The number of aryl methyl sites for hydroxylation is 1. The van der Waals surface area contributed by atoms with Crippen LogP contribution < -0.4 is 14.8 Å². The van der Waals surface area contributed by atoms with Crippen LogP contribution in [0.15, 0.2) is 42.5 Å². The SMILES string of the molecule is COc1ccc(CC(C)C(=O)Nc2ccc(C)cc2)cc1OC.